The number of carbonyl (C=O) groups is 1. The van der Waals surface area contributed by atoms with Crippen molar-refractivity contribution < 1.29 is 9.90 Å². The molecule has 16 heavy (non-hydrogen) atoms. The van der Waals surface area contributed by atoms with Gasteiger partial charge in [-0.25, -0.2) is 0 Å². The van der Waals surface area contributed by atoms with E-state index in [1.807, 2.05) is 12.1 Å². The number of thiocarbonyl (C=S) groups is 1. The van der Waals surface area contributed by atoms with E-state index < -0.39 is 6.10 Å². The lowest BCUT2D eigenvalue weighted by Gasteiger charge is -2.18. The maximum Gasteiger partial charge on any atom is 0.221 e. The average molecular weight is 233 g/mol. The van der Waals surface area contributed by atoms with Gasteiger partial charge in [-0.1, -0.05) is 24.4 Å². The van der Waals surface area contributed by atoms with Crippen LogP contribution in [0.1, 0.15) is 24.2 Å². The molecule has 1 unspecified atom stereocenters. The molecule has 0 spiro atoms. The van der Waals surface area contributed by atoms with Crippen LogP contribution in [0.4, 0.5) is 5.69 Å². The number of aliphatic hydroxyl groups excluding tert-OH is 1. The Labute approximate surface area is 98.8 Å². The monoisotopic (exact) mass is 233 g/mol. The molecular weight excluding hydrogens is 222 g/mol. The normalized spacial score (nSPS) is 18.1. The van der Waals surface area contributed by atoms with Crippen LogP contribution in [0.5, 0.6) is 0 Å². The van der Waals surface area contributed by atoms with Gasteiger partial charge in [-0.15, -0.1) is 0 Å². The van der Waals surface area contributed by atoms with Crippen LogP contribution in [0.2, 0.25) is 0 Å². The van der Waals surface area contributed by atoms with Gasteiger partial charge in [0.2, 0.25) is 5.91 Å². The molecule has 0 saturated carbocycles. The summed E-state index contributed by atoms with van der Waals surface area (Å²) in [5.74, 6) is -0.115. The molecule has 0 bridgehead atoms. The number of hydrogen-bond donors (Lipinski definition) is 2. The molecule has 0 saturated heterocycles. The molecule has 1 aromatic carbocycles. The zero-order valence-electron chi connectivity index (χ0n) is 8.73. The van der Waals surface area contributed by atoms with Crippen LogP contribution in [0.3, 0.4) is 0 Å². The first-order valence-electron chi connectivity index (χ1n) is 4.89. The van der Waals surface area contributed by atoms with Crippen LogP contribution in [-0.4, -0.2) is 15.9 Å². The number of anilines is 1. The number of nitrogens with one attached hydrogen (secondary N) is 1. The molecule has 1 amide bonds. The predicted molar refractivity (Wildman–Crippen MR) is 67.3 cm³/mol. The fourth-order valence-electron chi connectivity index (χ4n) is 1.67. The Bertz CT molecular complexity index is 494. The smallest absolute Gasteiger partial charge is 0.221 e. The van der Waals surface area contributed by atoms with Gasteiger partial charge in [0, 0.05) is 17.5 Å². The summed E-state index contributed by atoms with van der Waals surface area (Å²) in [6.07, 6.45) is 2.83. The fourth-order valence-corrected chi connectivity index (χ4v) is 1.86. The molecule has 0 aromatic heterocycles. The number of hydrogen-bond acceptors (Lipinski definition) is 3. The molecule has 0 fully saturated rings. The lowest BCUT2D eigenvalue weighted by molar-refractivity contribution is -0.114. The SMILES string of the molecule is CC(=O)Nc1ccc2c(c1)C=CC(=S)C2O. The summed E-state index contributed by atoms with van der Waals surface area (Å²) in [6.45, 7) is 1.46. The van der Waals surface area contributed by atoms with Crippen molar-refractivity contribution in [3.63, 3.8) is 0 Å². The van der Waals surface area contributed by atoms with Gasteiger partial charge in [0.15, 0.2) is 0 Å². The summed E-state index contributed by atoms with van der Waals surface area (Å²) in [4.78, 5) is 11.4. The molecule has 1 aromatic rings. The molecule has 0 heterocycles. The fraction of sp³-hybridized carbons (Fsp3) is 0.167. The average Bonchev–Trinajstić information content (AvgIpc) is 2.23. The largest absolute Gasteiger partial charge is 0.383 e. The van der Waals surface area contributed by atoms with Crippen molar-refractivity contribution in [2.75, 3.05) is 5.32 Å². The van der Waals surface area contributed by atoms with Gasteiger partial charge in [0.1, 0.15) is 6.10 Å². The van der Waals surface area contributed by atoms with Gasteiger partial charge in [-0.3, -0.25) is 4.79 Å². The molecule has 1 aliphatic carbocycles. The summed E-state index contributed by atoms with van der Waals surface area (Å²) in [5.41, 5.74) is 2.38. The molecule has 1 aliphatic rings. The molecule has 1 atom stereocenters. The summed E-state index contributed by atoms with van der Waals surface area (Å²) in [6, 6.07) is 5.35. The Morgan fingerprint density at radius 3 is 2.88 bits per heavy atom. The number of amides is 1. The van der Waals surface area contributed by atoms with E-state index >= 15 is 0 Å². The van der Waals surface area contributed by atoms with E-state index in [-0.39, 0.29) is 5.91 Å². The van der Waals surface area contributed by atoms with E-state index in [4.69, 9.17) is 12.2 Å². The van der Waals surface area contributed by atoms with Gasteiger partial charge in [-0.2, -0.15) is 0 Å². The molecular formula is C12H11NO2S. The molecule has 4 heteroatoms. The van der Waals surface area contributed by atoms with Gasteiger partial charge >= 0.3 is 0 Å². The standard InChI is InChI=1S/C12H11NO2S/c1-7(14)13-9-3-4-10-8(6-9)2-5-11(16)12(10)15/h2-6,12,15H,1H3,(H,13,14). The van der Waals surface area contributed by atoms with Crippen molar-refractivity contribution in [3.8, 4) is 0 Å². The van der Waals surface area contributed by atoms with Crippen LogP contribution in [0.15, 0.2) is 24.3 Å². The van der Waals surface area contributed by atoms with Crippen molar-refractivity contribution in [2.45, 2.75) is 13.0 Å². The Kier molecular flexibility index (Phi) is 2.85. The zero-order chi connectivity index (χ0) is 11.7. The number of benzene rings is 1. The Morgan fingerprint density at radius 2 is 2.19 bits per heavy atom. The number of aliphatic hydroxyl groups is 1. The first-order chi connectivity index (χ1) is 7.58. The highest BCUT2D eigenvalue weighted by Crippen LogP contribution is 2.28. The molecule has 0 aliphatic heterocycles. The van der Waals surface area contributed by atoms with Gasteiger partial charge in [0.05, 0.1) is 0 Å². The Morgan fingerprint density at radius 1 is 1.44 bits per heavy atom. The molecule has 2 N–H and O–H groups in total. The lowest BCUT2D eigenvalue weighted by Crippen LogP contribution is -2.13. The van der Waals surface area contributed by atoms with Crippen molar-refractivity contribution in [2.24, 2.45) is 0 Å². The third-order valence-electron chi connectivity index (χ3n) is 2.40. The van der Waals surface area contributed by atoms with E-state index in [1.54, 1.807) is 18.2 Å². The summed E-state index contributed by atoms with van der Waals surface area (Å²) < 4.78 is 0. The lowest BCUT2D eigenvalue weighted by atomic mass is 9.94. The van der Waals surface area contributed by atoms with Crippen molar-refractivity contribution in [3.05, 3.63) is 35.4 Å². The second-order valence-electron chi connectivity index (χ2n) is 3.66. The third-order valence-corrected chi connectivity index (χ3v) is 2.76. The number of fused-ring (bicyclic) bond motifs is 1. The summed E-state index contributed by atoms with van der Waals surface area (Å²) in [5, 5.41) is 12.5. The third kappa shape index (κ3) is 2.03. The van der Waals surface area contributed by atoms with Crippen LogP contribution >= 0.6 is 12.2 Å². The Hall–Kier alpha value is -1.52. The first-order valence-corrected chi connectivity index (χ1v) is 5.30. The maximum atomic E-state index is 10.9. The first kappa shape index (κ1) is 11.0. The van der Waals surface area contributed by atoms with Gasteiger partial charge in [0.25, 0.3) is 0 Å². The van der Waals surface area contributed by atoms with Crippen molar-refractivity contribution in [1.29, 1.82) is 0 Å². The Balaban J connectivity index is 2.39. The van der Waals surface area contributed by atoms with E-state index in [2.05, 4.69) is 5.32 Å². The predicted octanol–water partition coefficient (Wildman–Crippen LogP) is 2.08. The topological polar surface area (TPSA) is 49.3 Å². The molecule has 2 rings (SSSR count). The molecule has 3 nitrogen and oxygen atoms in total. The summed E-state index contributed by atoms with van der Waals surface area (Å²) >= 11 is 5.00. The van der Waals surface area contributed by atoms with E-state index in [1.165, 1.54) is 6.92 Å². The second kappa shape index (κ2) is 4.15. The number of carbonyl (C=O) groups excluding carboxylic acids is 1. The zero-order valence-corrected chi connectivity index (χ0v) is 9.54. The van der Waals surface area contributed by atoms with Crippen LogP contribution in [0, 0.1) is 0 Å². The minimum Gasteiger partial charge on any atom is -0.383 e. The van der Waals surface area contributed by atoms with Crippen molar-refractivity contribution >= 4 is 34.8 Å². The van der Waals surface area contributed by atoms with Crippen molar-refractivity contribution in [1.82, 2.24) is 0 Å². The van der Waals surface area contributed by atoms with E-state index in [9.17, 15) is 9.90 Å². The quantitative estimate of drug-likeness (QED) is 0.730. The highest BCUT2D eigenvalue weighted by Gasteiger charge is 2.18. The maximum absolute atomic E-state index is 10.9. The van der Waals surface area contributed by atoms with E-state index in [0.29, 0.717) is 4.86 Å². The van der Waals surface area contributed by atoms with Gasteiger partial charge in [-0.05, 0) is 29.3 Å². The second-order valence-corrected chi connectivity index (χ2v) is 4.13. The highest BCUT2D eigenvalue weighted by atomic mass is 32.1. The highest BCUT2D eigenvalue weighted by molar-refractivity contribution is 7.80. The summed E-state index contributed by atoms with van der Waals surface area (Å²) in [7, 11) is 0. The molecule has 0 radical (unpaired) electrons. The minimum atomic E-state index is -0.721. The molecule has 82 valence electrons. The van der Waals surface area contributed by atoms with E-state index in [0.717, 1.165) is 16.8 Å². The van der Waals surface area contributed by atoms with Crippen LogP contribution < -0.4 is 5.32 Å². The van der Waals surface area contributed by atoms with Gasteiger partial charge < -0.3 is 10.4 Å². The van der Waals surface area contributed by atoms with Crippen LogP contribution in [0.25, 0.3) is 6.08 Å². The van der Waals surface area contributed by atoms with Crippen LogP contribution in [-0.2, 0) is 4.79 Å². The minimum absolute atomic E-state index is 0.115. The number of rotatable bonds is 1.